The molecule has 0 spiro atoms. The summed E-state index contributed by atoms with van der Waals surface area (Å²) in [5, 5.41) is 0. The van der Waals surface area contributed by atoms with Crippen molar-refractivity contribution in [3.63, 3.8) is 0 Å². The molecule has 1 atom stereocenters. The van der Waals surface area contributed by atoms with E-state index >= 15 is 0 Å². The Morgan fingerprint density at radius 2 is 1.65 bits per heavy atom. The number of carbonyl (C=O) groups is 3. The van der Waals surface area contributed by atoms with Crippen molar-refractivity contribution in [2.45, 2.75) is 6.42 Å². The average Bonchev–Trinajstić information content (AvgIpc) is 3.16. The van der Waals surface area contributed by atoms with Crippen LogP contribution in [0, 0.1) is 17.6 Å². The molecule has 1 unspecified atom stereocenters. The number of anilines is 1. The number of carbonyl (C=O) groups excluding carboxylic acids is 3. The van der Waals surface area contributed by atoms with E-state index in [0.29, 0.717) is 32.7 Å². The van der Waals surface area contributed by atoms with Crippen molar-refractivity contribution in [3.8, 4) is 0 Å². The molecule has 2 aromatic carbocycles. The molecule has 3 amide bonds. The van der Waals surface area contributed by atoms with Gasteiger partial charge in [-0.25, -0.2) is 8.78 Å². The fraction of sp³-hybridized carbons (Fsp3) is 0.318. The third kappa shape index (κ3) is 4.46. The Morgan fingerprint density at radius 1 is 0.935 bits per heavy atom. The summed E-state index contributed by atoms with van der Waals surface area (Å²) < 4.78 is 27.4. The average molecular weight is 492 g/mol. The monoisotopic (exact) mass is 491 g/mol. The molecule has 2 heterocycles. The van der Waals surface area contributed by atoms with E-state index in [4.69, 9.17) is 0 Å². The highest BCUT2D eigenvalue weighted by molar-refractivity contribution is 9.10. The molecule has 0 saturated carbocycles. The van der Waals surface area contributed by atoms with Crippen LogP contribution in [0.3, 0.4) is 0 Å². The summed E-state index contributed by atoms with van der Waals surface area (Å²) in [5.74, 6) is -3.10. The van der Waals surface area contributed by atoms with Gasteiger partial charge in [-0.1, -0.05) is 22.0 Å². The lowest BCUT2D eigenvalue weighted by Crippen LogP contribution is -2.52. The lowest BCUT2D eigenvalue weighted by Gasteiger charge is -2.36. The molecule has 2 aliphatic rings. The van der Waals surface area contributed by atoms with Crippen LogP contribution in [0.25, 0.3) is 0 Å². The predicted molar refractivity (Wildman–Crippen MR) is 113 cm³/mol. The summed E-state index contributed by atoms with van der Waals surface area (Å²) in [6.07, 6.45) is 0.152. The van der Waals surface area contributed by atoms with E-state index in [9.17, 15) is 23.2 Å². The van der Waals surface area contributed by atoms with Crippen molar-refractivity contribution in [2.24, 2.45) is 5.92 Å². The number of hydrogen-bond donors (Lipinski definition) is 0. The molecule has 0 aromatic heterocycles. The van der Waals surface area contributed by atoms with E-state index in [1.807, 2.05) is 24.3 Å². The van der Waals surface area contributed by atoms with Gasteiger partial charge in [-0.3, -0.25) is 14.4 Å². The van der Waals surface area contributed by atoms with Gasteiger partial charge in [0.1, 0.15) is 0 Å². The number of rotatable bonds is 3. The quantitative estimate of drug-likeness (QED) is 0.662. The number of hydrogen-bond acceptors (Lipinski definition) is 3. The van der Waals surface area contributed by atoms with Crippen molar-refractivity contribution >= 4 is 39.3 Å². The zero-order chi connectivity index (χ0) is 22.1. The zero-order valence-electron chi connectivity index (χ0n) is 16.6. The normalized spacial score (nSPS) is 19.1. The Balaban J connectivity index is 1.35. The topological polar surface area (TPSA) is 60.9 Å². The number of piperazine rings is 1. The maximum Gasteiger partial charge on any atom is 0.254 e. The molecule has 4 rings (SSSR count). The molecule has 31 heavy (non-hydrogen) atoms. The molecule has 9 heteroatoms. The van der Waals surface area contributed by atoms with Gasteiger partial charge >= 0.3 is 0 Å². The number of nitrogens with zero attached hydrogens (tertiary/aromatic N) is 3. The van der Waals surface area contributed by atoms with E-state index < -0.39 is 23.5 Å². The smallest absolute Gasteiger partial charge is 0.254 e. The molecule has 2 saturated heterocycles. The Hall–Kier alpha value is -2.81. The Labute approximate surface area is 186 Å². The van der Waals surface area contributed by atoms with Crippen LogP contribution in [0.5, 0.6) is 0 Å². The summed E-state index contributed by atoms with van der Waals surface area (Å²) in [6.45, 7) is 1.56. The Bertz CT molecular complexity index is 1040. The van der Waals surface area contributed by atoms with Crippen LogP contribution in [0.2, 0.25) is 0 Å². The van der Waals surface area contributed by atoms with Crippen molar-refractivity contribution in [3.05, 3.63) is 64.1 Å². The lowest BCUT2D eigenvalue weighted by molar-refractivity contribution is -0.137. The van der Waals surface area contributed by atoms with Crippen molar-refractivity contribution in [2.75, 3.05) is 37.6 Å². The minimum atomic E-state index is -1.07. The van der Waals surface area contributed by atoms with Gasteiger partial charge in [-0.05, 0) is 36.4 Å². The summed E-state index contributed by atoms with van der Waals surface area (Å²) in [6, 6.07) is 10.4. The largest absolute Gasteiger partial charge is 0.339 e. The van der Waals surface area contributed by atoms with Crippen LogP contribution in [0.1, 0.15) is 16.8 Å². The van der Waals surface area contributed by atoms with Gasteiger partial charge in [-0.2, -0.15) is 0 Å². The highest BCUT2D eigenvalue weighted by Crippen LogP contribution is 2.28. The van der Waals surface area contributed by atoms with Crippen molar-refractivity contribution in [1.82, 2.24) is 9.80 Å². The summed E-state index contributed by atoms with van der Waals surface area (Å²) in [7, 11) is 0. The minimum Gasteiger partial charge on any atom is -0.339 e. The second-order valence-corrected chi connectivity index (χ2v) is 8.55. The second-order valence-electron chi connectivity index (χ2n) is 7.63. The van der Waals surface area contributed by atoms with Gasteiger partial charge in [0.05, 0.1) is 5.92 Å². The van der Waals surface area contributed by atoms with E-state index in [2.05, 4.69) is 15.9 Å². The second kappa shape index (κ2) is 8.74. The predicted octanol–water partition coefficient (Wildman–Crippen LogP) is 3.06. The molecule has 2 aliphatic heterocycles. The zero-order valence-corrected chi connectivity index (χ0v) is 18.1. The molecule has 2 aromatic rings. The molecular formula is C22H20BrF2N3O3. The molecule has 0 N–H and O–H groups in total. The van der Waals surface area contributed by atoms with E-state index in [-0.39, 0.29) is 23.8 Å². The first-order chi connectivity index (χ1) is 14.8. The van der Waals surface area contributed by atoms with Crippen molar-refractivity contribution in [1.29, 1.82) is 0 Å². The van der Waals surface area contributed by atoms with Gasteiger partial charge in [0.15, 0.2) is 11.6 Å². The molecule has 162 valence electrons. The van der Waals surface area contributed by atoms with Crippen LogP contribution in [-0.2, 0) is 9.59 Å². The van der Waals surface area contributed by atoms with Gasteiger partial charge in [0.2, 0.25) is 11.8 Å². The van der Waals surface area contributed by atoms with Gasteiger partial charge in [0, 0.05) is 54.9 Å². The number of amides is 3. The van der Waals surface area contributed by atoms with Gasteiger partial charge < -0.3 is 14.7 Å². The third-order valence-electron chi connectivity index (χ3n) is 5.64. The van der Waals surface area contributed by atoms with E-state index in [1.54, 1.807) is 9.80 Å². The van der Waals surface area contributed by atoms with Crippen LogP contribution >= 0.6 is 15.9 Å². The third-order valence-corrected chi connectivity index (χ3v) is 6.13. The summed E-state index contributed by atoms with van der Waals surface area (Å²) in [5.41, 5.74) is 0.821. The van der Waals surface area contributed by atoms with E-state index in [0.717, 1.165) is 22.3 Å². The van der Waals surface area contributed by atoms with Gasteiger partial charge in [0.25, 0.3) is 5.91 Å². The van der Waals surface area contributed by atoms with Crippen LogP contribution < -0.4 is 4.90 Å². The first-order valence-electron chi connectivity index (χ1n) is 9.92. The summed E-state index contributed by atoms with van der Waals surface area (Å²) >= 11 is 3.39. The standard InChI is InChI=1S/C22H20BrF2N3O3/c23-16-2-1-3-17(12-16)28-13-15(11-20(28)29)22(31)27-8-6-26(7-9-27)21(30)14-4-5-18(24)19(25)10-14/h1-5,10,12,15H,6-9,11,13H2. The first kappa shape index (κ1) is 21.4. The Kier molecular flexibility index (Phi) is 6.04. The van der Waals surface area contributed by atoms with Crippen LogP contribution in [0.4, 0.5) is 14.5 Å². The summed E-state index contributed by atoms with van der Waals surface area (Å²) in [4.78, 5) is 42.8. The fourth-order valence-electron chi connectivity index (χ4n) is 3.97. The number of halogens is 3. The Morgan fingerprint density at radius 3 is 2.32 bits per heavy atom. The molecule has 6 nitrogen and oxygen atoms in total. The maximum absolute atomic E-state index is 13.4. The van der Waals surface area contributed by atoms with Crippen LogP contribution in [-0.4, -0.2) is 60.2 Å². The molecule has 0 bridgehead atoms. The van der Waals surface area contributed by atoms with Gasteiger partial charge in [-0.15, -0.1) is 0 Å². The molecule has 0 aliphatic carbocycles. The van der Waals surface area contributed by atoms with Crippen molar-refractivity contribution < 1.29 is 23.2 Å². The first-order valence-corrected chi connectivity index (χ1v) is 10.7. The fourth-order valence-corrected chi connectivity index (χ4v) is 4.35. The minimum absolute atomic E-state index is 0.0738. The highest BCUT2D eigenvalue weighted by Gasteiger charge is 2.38. The SMILES string of the molecule is O=C(c1ccc(F)c(F)c1)N1CCN(C(=O)C2CC(=O)N(c3cccc(Br)c3)C2)CC1. The molecular weight excluding hydrogens is 472 g/mol. The van der Waals surface area contributed by atoms with E-state index in [1.165, 1.54) is 11.0 Å². The maximum atomic E-state index is 13.4. The van der Waals surface area contributed by atoms with Crippen LogP contribution in [0.15, 0.2) is 46.9 Å². The lowest BCUT2D eigenvalue weighted by atomic mass is 10.1. The molecule has 2 fully saturated rings. The molecule has 0 radical (unpaired) electrons. The highest BCUT2D eigenvalue weighted by atomic mass is 79.9. The number of benzene rings is 2.